The van der Waals surface area contributed by atoms with Gasteiger partial charge in [0.15, 0.2) is 0 Å². The molecule has 1 rings (SSSR count). The second-order valence-electron chi connectivity index (χ2n) is 6.11. The van der Waals surface area contributed by atoms with Crippen LogP contribution < -0.4 is 0 Å². The highest BCUT2D eigenvalue weighted by atomic mass is 16.6. The highest BCUT2D eigenvalue weighted by Gasteiger charge is 2.35. The predicted molar refractivity (Wildman–Crippen MR) is 80.3 cm³/mol. The third-order valence-electron chi connectivity index (χ3n) is 3.59. The summed E-state index contributed by atoms with van der Waals surface area (Å²) in [4.78, 5) is 24.0. The van der Waals surface area contributed by atoms with Gasteiger partial charge in [0.25, 0.3) is 0 Å². The van der Waals surface area contributed by atoms with E-state index >= 15 is 0 Å². The van der Waals surface area contributed by atoms with Crippen LogP contribution in [0.25, 0.3) is 0 Å². The molecule has 0 saturated carbocycles. The lowest BCUT2D eigenvalue weighted by atomic mass is 9.81. The van der Waals surface area contributed by atoms with E-state index in [2.05, 4.69) is 0 Å². The standard InChI is InChI=1S/C16H28O6/c1-5-12(14(17)20-6-2)9-16(3,4)15(18)21-8-7-19-10-13-11-22-13/h12-13H,5-11H2,1-4H3. The zero-order valence-electron chi connectivity index (χ0n) is 14.1. The summed E-state index contributed by atoms with van der Waals surface area (Å²) in [6.45, 7) is 9.48. The molecule has 6 heteroatoms. The number of carbonyl (C=O) groups is 2. The molecule has 1 saturated heterocycles. The molecule has 1 fully saturated rings. The first-order valence-electron chi connectivity index (χ1n) is 7.94. The van der Waals surface area contributed by atoms with E-state index in [4.69, 9.17) is 18.9 Å². The van der Waals surface area contributed by atoms with Gasteiger partial charge in [0.1, 0.15) is 12.7 Å². The smallest absolute Gasteiger partial charge is 0.311 e. The monoisotopic (exact) mass is 316 g/mol. The molecule has 1 heterocycles. The topological polar surface area (TPSA) is 74.4 Å². The van der Waals surface area contributed by atoms with Gasteiger partial charge in [0.2, 0.25) is 0 Å². The number of hydrogen-bond acceptors (Lipinski definition) is 6. The van der Waals surface area contributed by atoms with Crippen molar-refractivity contribution in [2.75, 3.05) is 33.0 Å². The average molecular weight is 316 g/mol. The molecule has 0 aromatic carbocycles. The Kier molecular flexibility index (Phi) is 7.82. The van der Waals surface area contributed by atoms with Gasteiger partial charge in [-0.2, -0.15) is 0 Å². The molecule has 1 aliphatic rings. The van der Waals surface area contributed by atoms with Gasteiger partial charge < -0.3 is 18.9 Å². The lowest BCUT2D eigenvalue weighted by Crippen LogP contribution is -2.33. The predicted octanol–water partition coefficient (Wildman–Crippen LogP) is 1.95. The molecular formula is C16H28O6. The largest absolute Gasteiger partial charge is 0.466 e. The Hall–Kier alpha value is -1.14. The fourth-order valence-electron chi connectivity index (χ4n) is 2.12. The average Bonchev–Trinajstić information content (AvgIpc) is 3.28. The first-order valence-corrected chi connectivity index (χ1v) is 7.94. The normalized spacial score (nSPS) is 18.6. The van der Waals surface area contributed by atoms with Crippen molar-refractivity contribution in [3.63, 3.8) is 0 Å². The molecule has 2 atom stereocenters. The summed E-state index contributed by atoms with van der Waals surface area (Å²) in [6.07, 6.45) is 1.26. The SMILES string of the molecule is CCOC(=O)C(CC)CC(C)(C)C(=O)OCCOCC1CO1. The maximum atomic E-state index is 12.2. The van der Waals surface area contributed by atoms with Crippen LogP contribution in [0.3, 0.4) is 0 Å². The summed E-state index contributed by atoms with van der Waals surface area (Å²) < 4.78 is 20.6. The third-order valence-corrected chi connectivity index (χ3v) is 3.59. The number of rotatable bonds is 11. The van der Waals surface area contributed by atoms with E-state index in [1.807, 2.05) is 6.92 Å². The fraction of sp³-hybridized carbons (Fsp3) is 0.875. The van der Waals surface area contributed by atoms with Crippen LogP contribution in [0, 0.1) is 11.3 Å². The maximum absolute atomic E-state index is 12.2. The molecule has 0 bridgehead atoms. The molecule has 1 aliphatic heterocycles. The Morgan fingerprint density at radius 3 is 2.45 bits per heavy atom. The molecule has 0 N–H and O–H groups in total. The summed E-state index contributed by atoms with van der Waals surface area (Å²) in [5.41, 5.74) is -0.729. The maximum Gasteiger partial charge on any atom is 0.311 e. The number of hydrogen-bond donors (Lipinski definition) is 0. The van der Waals surface area contributed by atoms with Gasteiger partial charge in [-0.05, 0) is 33.6 Å². The first kappa shape index (κ1) is 18.9. The molecule has 0 spiro atoms. The highest BCUT2D eigenvalue weighted by Crippen LogP contribution is 2.29. The quantitative estimate of drug-likeness (QED) is 0.329. The van der Waals surface area contributed by atoms with Crippen molar-refractivity contribution in [2.45, 2.75) is 46.6 Å². The first-order chi connectivity index (χ1) is 10.4. The van der Waals surface area contributed by atoms with Crippen molar-refractivity contribution in [1.82, 2.24) is 0 Å². The van der Waals surface area contributed by atoms with Gasteiger partial charge in [0.05, 0.1) is 37.8 Å². The van der Waals surface area contributed by atoms with Crippen LogP contribution in [0.4, 0.5) is 0 Å². The van der Waals surface area contributed by atoms with E-state index in [0.29, 0.717) is 32.7 Å². The van der Waals surface area contributed by atoms with Gasteiger partial charge >= 0.3 is 11.9 Å². The molecule has 128 valence electrons. The van der Waals surface area contributed by atoms with E-state index in [1.54, 1.807) is 20.8 Å². The molecule has 0 aromatic rings. The van der Waals surface area contributed by atoms with Crippen molar-refractivity contribution in [3.8, 4) is 0 Å². The molecule has 0 radical (unpaired) electrons. The zero-order valence-corrected chi connectivity index (χ0v) is 14.1. The van der Waals surface area contributed by atoms with Crippen LogP contribution in [0.1, 0.15) is 40.5 Å². The minimum Gasteiger partial charge on any atom is -0.466 e. The number of epoxide rings is 1. The zero-order chi connectivity index (χ0) is 16.6. The Bertz CT molecular complexity index is 362. The summed E-state index contributed by atoms with van der Waals surface area (Å²) in [5, 5.41) is 0. The van der Waals surface area contributed by atoms with Crippen LogP contribution in [0.2, 0.25) is 0 Å². The lowest BCUT2D eigenvalue weighted by Gasteiger charge is -2.26. The summed E-state index contributed by atoms with van der Waals surface area (Å²) >= 11 is 0. The fourth-order valence-corrected chi connectivity index (χ4v) is 2.12. The molecule has 0 amide bonds. The van der Waals surface area contributed by atoms with E-state index in [-0.39, 0.29) is 30.6 Å². The molecule has 0 aliphatic carbocycles. The van der Waals surface area contributed by atoms with Crippen molar-refractivity contribution < 1.29 is 28.5 Å². The van der Waals surface area contributed by atoms with Gasteiger partial charge in [-0.15, -0.1) is 0 Å². The Morgan fingerprint density at radius 2 is 1.91 bits per heavy atom. The van der Waals surface area contributed by atoms with Crippen LogP contribution in [0.5, 0.6) is 0 Å². The second kappa shape index (κ2) is 9.10. The van der Waals surface area contributed by atoms with Gasteiger partial charge in [-0.3, -0.25) is 9.59 Å². The van der Waals surface area contributed by atoms with Gasteiger partial charge in [0, 0.05) is 0 Å². The Balaban J connectivity index is 2.31. The van der Waals surface area contributed by atoms with Crippen molar-refractivity contribution in [3.05, 3.63) is 0 Å². The Labute approximate surface area is 132 Å². The molecule has 22 heavy (non-hydrogen) atoms. The molecule has 2 unspecified atom stereocenters. The van der Waals surface area contributed by atoms with Crippen LogP contribution >= 0.6 is 0 Å². The van der Waals surface area contributed by atoms with E-state index in [9.17, 15) is 9.59 Å². The minimum absolute atomic E-state index is 0.210. The number of ether oxygens (including phenoxy) is 4. The van der Waals surface area contributed by atoms with Crippen molar-refractivity contribution >= 4 is 11.9 Å². The lowest BCUT2D eigenvalue weighted by molar-refractivity contribution is -0.159. The van der Waals surface area contributed by atoms with E-state index in [0.717, 1.165) is 6.61 Å². The molecule has 6 nitrogen and oxygen atoms in total. The van der Waals surface area contributed by atoms with Crippen molar-refractivity contribution in [2.24, 2.45) is 11.3 Å². The number of carbonyl (C=O) groups excluding carboxylic acids is 2. The molecule has 0 aromatic heterocycles. The van der Waals surface area contributed by atoms with Crippen LogP contribution in [-0.4, -0.2) is 51.1 Å². The number of esters is 2. The van der Waals surface area contributed by atoms with Gasteiger partial charge in [-0.1, -0.05) is 6.92 Å². The minimum atomic E-state index is -0.729. The van der Waals surface area contributed by atoms with E-state index < -0.39 is 5.41 Å². The summed E-state index contributed by atoms with van der Waals surface area (Å²) in [6, 6.07) is 0. The third kappa shape index (κ3) is 6.75. The second-order valence-corrected chi connectivity index (χ2v) is 6.11. The van der Waals surface area contributed by atoms with Crippen molar-refractivity contribution in [1.29, 1.82) is 0 Å². The van der Waals surface area contributed by atoms with E-state index in [1.165, 1.54) is 0 Å². The summed E-state index contributed by atoms with van der Waals surface area (Å²) in [5.74, 6) is -0.856. The summed E-state index contributed by atoms with van der Waals surface area (Å²) in [7, 11) is 0. The highest BCUT2D eigenvalue weighted by molar-refractivity contribution is 5.78. The van der Waals surface area contributed by atoms with Crippen LogP contribution in [-0.2, 0) is 28.5 Å². The van der Waals surface area contributed by atoms with Gasteiger partial charge in [-0.25, -0.2) is 0 Å². The van der Waals surface area contributed by atoms with Crippen LogP contribution in [0.15, 0.2) is 0 Å². The molecular weight excluding hydrogens is 288 g/mol. The Morgan fingerprint density at radius 1 is 1.23 bits per heavy atom.